The lowest BCUT2D eigenvalue weighted by Gasteiger charge is -2.13. The van der Waals surface area contributed by atoms with E-state index in [1.54, 1.807) is 42.8 Å². The van der Waals surface area contributed by atoms with Crippen molar-refractivity contribution in [2.45, 2.75) is 51.2 Å². The van der Waals surface area contributed by atoms with Gasteiger partial charge in [-0.1, -0.05) is 23.7 Å². The van der Waals surface area contributed by atoms with Gasteiger partial charge in [0.05, 0.1) is 17.5 Å². The van der Waals surface area contributed by atoms with E-state index in [0.29, 0.717) is 22.0 Å². The lowest BCUT2D eigenvalue weighted by Crippen LogP contribution is -2.27. The van der Waals surface area contributed by atoms with Crippen LogP contribution in [0, 0.1) is 13.8 Å². The molecule has 0 aliphatic carbocycles. The summed E-state index contributed by atoms with van der Waals surface area (Å²) in [6.07, 6.45) is -0.544. The number of nitrogens with one attached hydrogen (secondary N) is 1. The molecule has 0 bridgehead atoms. The lowest BCUT2D eigenvalue weighted by molar-refractivity contribution is 0.169. The van der Waals surface area contributed by atoms with Crippen molar-refractivity contribution in [2.24, 2.45) is 0 Å². The average Bonchev–Trinajstić information content (AvgIpc) is 2.82. The molecule has 1 aromatic carbocycles. The van der Waals surface area contributed by atoms with E-state index in [1.165, 1.54) is 0 Å². The molecule has 1 atom stereocenters. The minimum absolute atomic E-state index is 0.0762. The Labute approximate surface area is 153 Å². The van der Waals surface area contributed by atoms with E-state index in [9.17, 15) is 13.5 Å². The fraction of sp³-hybridized carbons (Fsp3) is 0.471. The molecule has 138 valence electrons. The Hall–Kier alpha value is -1.41. The zero-order valence-corrected chi connectivity index (χ0v) is 16.4. The van der Waals surface area contributed by atoms with Crippen molar-refractivity contribution < 1.29 is 13.5 Å². The Bertz CT molecular complexity index is 847. The molecule has 0 saturated heterocycles. The summed E-state index contributed by atoms with van der Waals surface area (Å²) in [6.45, 7) is 7.44. The molecule has 25 heavy (non-hydrogen) atoms. The summed E-state index contributed by atoms with van der Waals surface area (Å²) in [5, 5.41) is 15.0. The third kappa shape index (κ3) is 4.61. The van der Waals surface area contributed by atoms with Crippen LogP contribution in [0.25, 0.3) is 0 Å². The number of aryl methyl sites for hydroxylation is 1. The molecule has 0 fully saturated rings. The zero-order chi connectivity index (χ0) is 18.8. The van der Waals surface area contributed by atoms with E-state index in [2.05, 4.69) is 9.82 Å². The normalized spacial score (nSPS) is 13.4. The van der Waals surface area contributed by atoms with Crippen LogP contribution < -0.4 is 4.72 Å². The van der Waals surface area contributed by atoms with Gasteiger partial charge in [-0.3, -0.25) is 4.68 Å². The van der Waals surface area contributed by atoms with Gasteiger partial charge < -0.3 is 5.11 Å². The van der Waals surface area contributed by atoms with Crippen LogP contribution in [0.2, 0.25) is 5.02 Å². The van der Waals surface area contributed by atoms with E-state index in [-0.39, 0.29) is 23.9 Å². The molecule has 1 unspecified atom stereocenters. The van der Waals surface area contributed by atoms with Gasteiger partial charge in [0.25, 0.3) is 0 Å². The second-order valence-electron chi connectivity index (χ2n) is 6.30. The van der Waals surface area contributed by atoms with Crippen LogP contribution in [-0.4, -0.2) is 29.8 Å². The average molecular weight is 386 g/mol. The molecule has 8 heteroatoms. The Morgan fingerprint density at radius 1 is 1.32 bits per heavy atom. The van der Waals surface area contributed by atoms with Crippen molar-refractivity contribution in [3.63, 3.8) is 0 Å². The Kier molecular flexibility index (Phi) is 6.26. The van der Waals surface area contributed by atoms with Gasteiger partial charge in [-0.15, -0.1) is 0 Å². The van der Waals surface area contributed by atoms with E-state index in [0.717, 1.165) is 0 Å². The van der Waals surface area contributed by atoms with E-state index < -0.39 is 16.1 Å². The number of aliphatic hydroxyl groups excluding tert-OH is 1. The van der Waals surface area contributed by atoms with Crippen LogP contribution in [0.5, 0.6) is 0 Å². The first-order valence-electron chi connectivity index (χ1n) is 8.12. The fourth-order valence-corrected chi connectivity index (χ4v) is 4.46. The number of rotatable bonds is 7. The maximum atomic E-state index is 12.6. The summed E-state index contributed by atoms with van der Waals surface area (Å²) < 4.78 is 29.5. The van der Waals surface area contributed by atoms with E-state index >= 15 is 0 Å². The van der Waals surface area contributed by atoms with Crippen LogP contribution in [0.15, 0.2) is 29.2 Å². The second-order valence-corrected chi connectivity index (χ2v) is 8.44. The van der Waals surface area contributed by atoms with Crippen LogP contribution in [0.4, 0.5) is 0 Å². The van der Waals surface area contributed by atoms with Crippen molar-refractivity contribution in [1.82, 2.24) is 14.5 Å². The van der Waals surface area contributed by atoms with E-state index in [1.807, 2.05) is 13.8 Å². The van der Waals surface area contributed by atoms with Gasteiger partial charge in [0.1, 0.15) is 4.90 Å². The van der Waals surface area contributed by atoms with Crippen LogP contribution in [-0.2, 0) is 10.0 Å². The summed E-state index contributed by atoms with van der Waals surface area (Å²) in [5.74, 6) is 0. The number of sulfonamides is 1. The summed E-state index contributed by atoms with van der Waals surface area (Å²) in [4.78, 5) is 0.207. The van der Waals surface area contributed by atoms with Crippen molar-refractivity contribution in [3.8, 4) is 0 Å². The predicted octanol–water partition coefficient (Wildman–Crippen LogP) is 3.14. The Morgan fingerprint density at radius 2 is 2.00 bits per heavy atom. The zero-order valence-electron chi connectivity index (χ0n) is 14.8. The van der Waals surface area contributed by atoms with Crippen molar-refractivity contribution in [3.05, 3.63) is 46.2 Å². The highest BCUT2D eigenvalue weighted by atomic mass is 35.5. The molecule has 0 aliphatic rings. The van der Waals surface area contributed by atoms with Crippen LogP contribution in [0.3, 0.4) is 0 Å². The first kappa shape index (κ1) is 19.9. The number of halogens is 1. The summed E-state index contributed by atoms with van der Waals surface area (Å²) in [5.41, 5.74) is 1.73. The van der Waals surface area contributed by atoms with Gasteiger partial charge >= 0.3 is 0 Å². The first-order chi connectivity index (χ1) is 11.6. The number of aromatic nitrogens is 2. The lowest BCUT2D eigenvalue weighted by atomic mass is 10.1. The number of benzene rings is 1. The van der Waals surface area contributed by atoms with Crippen molar-refractivity contribution >= 4 is 21.6 Å². The van der Waals surface area contributed by atoms with Gasteiger partial charge in [-0.25, -0.2) is 13.1 Å². The minimum Gasteiger partial charge on any atom is -0.388 e. The standard InChI is InChI=1S/C17H24ClN3O3S/c1-11(2)21-13(4)17(12(3)20-21)25(23,24)19-9-8-16(22)14-6-5-7-15(18)10-14/h5-7,10-11,16,19,22H,8-9H2,1-4H3. The quantitative estimate of drug-likeness (QED) is 0.766. The van der Waals surface area contributed by atoms with Gasteiger partial charge in [0.2, 0.25) is 10.0 Å². The monoisotopic (exact) mass is 385 g/mol. The highest BCUT2D eigenvalue weighted by molar-refractivity contribution is 7.89. The molecule has 2 N–H and O–H groups in total. The number of hydrogen-bond donors (Lipinski definition) is 2. The topological polar surface area (TPSA) is 84.2 Å². The molecule has 0 aliphatic heterocycles. The minimum atomic E-state index is -3.69. The molecule has 1 heterocycles. The smallest absolute Gasteiger partial charge is 0.244 e. The first-order valence-corrected chi connectivity index (χ1v) is 9.98. The summed E-state index contributed by atoms with van der Waals surface area (Å²) in [6, 6.07) is 6.97. The van der Waals surface area contributed by atoms with E-state index in [4.69, 9.17) is 11.6 Å². The summed E-state index contributed by atoms with van der Waals surface area (Å²) >= 11 is 5.91. The van der Waals surface area contributed by atoms with Crippen LogP contribution >= 0.6 is 11.6 Å². The number of hydrogen-bond acceptors (Lipinski definition) is 4. The molecule has 0 amide bonds. The molecule has 2 aromatic rings. The molecule has 0 saturated carbocycles. The third-order valence-corrected chi connectivity index (χ3v) is 5.91. The van der Waals surface area contributed by atoms with Gasteiger partial charge in [-0.2, -0.15) is 5.10 Å². The molecule has 0 spiro atoms. The molecular formula is C17H24ClN3O3S. The Balaban J connectivity index is 2.07. The highest BCUT2D eigenvalue weighted by Crippen LogP contribution is 2.23. The van der Waals surface area contributed by atoms with Crippen molar-refractivity contribution in [1.29, 1.82) is 0 Å². The van der Waals surface area contributed by atoms with Gasteiger partial charge in [0, 0.05) is 17.6 Å². The molecular weight excluding hydrogens is 362 g/mol. The molecule has 0 radical (unpaired) electrons. The van der Waals surface area contributed by atoms with Crippen LogP contribution in [0.1, 0.15) is 49.4 Å². The van der Waals surface area contributed by atoms with Gasteiger partial charge in [-0.05, 0) is 51.8 Å². The Morgan fingerprint density at radius 3 is 2.56 bits per heavy atom. The SMILES string of the molecule is Cc1nn(C(C)C)c(C)c1S(=O)(=O)NCCC(O)c1cccc(Cl)c1. The maximum absolute atomic E-state index is 12.6. The second kappa shape index (κ2) is 7.86. The molecule has 1 aromatic heterocycles. The highest BCUT2D eigenvalue weighted by Gasteiger charge is 2.25. The maximum Gasteiger partial charge on any atom is 0.244 e. The summed E-state index contributed by atoms with van der Waals surface area (Å²) in [7, 11) is -3.69. The predicted molar refractivity (Wildman–Crippen MR) is 98.3 cm³/mol. The third-order valence-electron chi connectivity index (χ3n) is 3.96. The molecule has 6 nitrogen and oxygen atoms in total. The van der Waals surface area contributed by atoms with Crippen molar-refractivity contribution in [2.75, 3.05) is 6.54 Å². The van der Waals surface area contributed by atoms with Gasteiger partial charge in [0.15, 0.2) is 0 Å². The number of aliphatic hydroxyl groups is 1. The largest absolute Gasteiger partial charge is 0.388 e. The molecule has 2 rings (SSSR count). The fourth-order valence-electron chi connectivity index (χ4n) is 2.82. The number of nitrogens with zero attached hydrogens (tertiary/aromatic N) is 2.